The molecule has 0 radical (unpaired) electrons. The van der Waals surface area contributed by atoms with Gasteiger partial charge < -0.3 is 15.3 Å². The van der Waals surface area contributed by atoms with Crippen molar-refractivity contribution in [1.82, 2.24) is 4.90 Å². The Labute approximate surface area is 160 Å². The van der Waals surface area contributed by atoms with Crippen LogP contribution in [0, 0.1) is 0 Å². The number of carbonyl (C=O) groups excluding carboxylic acids is 1. The van der Waals surface area contributed by atoms with Crippen molar-refractivity contribution in [3.8, 4) is 5.75 Å². The van der Waals surface area contributed by atoms with E-state index in [4.69, 9.17) is 11.6 Å². The van der Waals surface area contributed by atoms with Gasteiger partial charge in [0.1, 0.15) is 5.75 Å². The molecule has 2 aromatic carbocycles. The van der Waals surface area contributed by atoms with Gasteiger partial charge in [0.15, 0.2) is 0 Å². The highest BCUT2D eigenvalue weighted by Crippen LogP contribution is 2.32. The highest BCUT2D eigenvalue weighted by Gasteiger charge is 2.31. The first-order chi connectivity index (χ1) is 12.7. The van der Waals surface area contributed by atoms with Crippen LogP contribution in [-0.2, 0) is 12.7 Å². The summed E-state index contributed by atoms with van der Waals surface area (Å²) in [5.74, 6) is -0.640. The van der Waals surface area contributed by atoms with E-state index in [0.29, 0.717) is 30.4 Å². The van der Waals surface area contributed by atoms with Crippen LogP contribution in [0.1, 0.15) is 35.3 Å². The van der Waals surface area contributed by atoms with Gasteiger partial charge in [-0.15, -0.1) is 0 Å². The smallest absolute Gasteiger partial charge is 0.416 e. The van der Waals surface area contributed by atoms with E-state index >= 15 is 0 Å². The molecule has 0 aliphatic rings. The summed E-state index contributed by atoms with van der Waals surface area (Å²) >= 11 is 6.20. The molecule has 0 heterocycles. The van der Waals surface area contributed by atoms with Crippen LogP contribution in [0.2, 0.25) is 5.02 Å². The van der Waals surface area contributed by atoms with Crippen LogP contribution in [0.25, 0.3) is 0 Å². The fourth-order valence-corrected chi connectivity index (χ4v) is 2.88. The molecule has 0 atom stereocenters. The van der Waals surface area contributed by atoms with Crippen molar-refractivity contribution in [3.63, 3.8) is 0 Å². The molecule has 1 amide bonds. The maximum absolute atomic E-state index is 12.8. The summed E-state index contributed by atoms with van der Waals surface area (Å²) in [5.41, 5.74) is 0.259. The van der Waals surface area contributed by atoms with Gasteiger partial charge in [-0.25, -0.2) is 0 Å². The predicted molar refractivity (Wildman–Crippen MR) is 99.1 cm³/mol. The number of nitrogens with zero attached hydrogens (tertiary/aromatic N) is 1. The summed E-state index contributed by atoms with van der Waals surface area (Å²) in [4.78, 5) is 14.0. The van der Waals surface area contributed by atoms with Crippen LogP contribution in [0.4, 0.5) is 18.9 Å². The van der Waals surface area contributed by atoms with Gasteiger partial charge in [0.2, 0.25) is 0 Å². The zero-order chi connectivity index (χ0) is 20.2. The Kier molecular flexibility index (Phi) is 6.59. The van der Waals surface area contributed by atoms with E-state index in [1.165, 1.54) is 6.07 Å². The van der Waals surface area contributed by atoms with E-state index in [2.05, 4.69) is 5.32 Å². The molecule has 8 heteroatoms. The van der Waals surface area contributed by atoms with E-state index in [1.54, 1.807) is 23.1 Å². The highest BCUT2D eigenvalue weighted by atomic mass is 35.5. The van der Waals surface area contributed by atoms with Gasteiger partial charge in [-0.2, -0.15) is 13.2 Å². The second-order valence-electron chi connectivity index (χ2n) is 5.91. The molecule has 146 valence electrons. The number of hydrogen-bond acceptors (Lipinski definition) is 3. The summed E-state index contributed by atoms with van der Waals surface area (Å²) in [7, 11) is 0. The van der Waals surface area contributed by atoms with Gasteiger partial charge in [-0.1, -0.05) is 11.6 Å². The maximum atomic E-state index is 12.8. The average Bonchev–Trinajstić information content (AvgIpc) is 2.59. The van der Waals surface area contributed by atoms with Crippen molar-refractivity contribution in [3.05, 3.63) is 58.1 Å². The third-order valence-corrected chi connectivity index (χ3v) is 4.36. The van der Waals surface area contributed by atoms with E-state index in [9.17, 15) is 23.1 Å². The molecule has 2 aromatic rings. The third-order valence-electron chi connectivity index (χ3n) is 4.05. The fourth-order valence-electron chi connectivity index (χ4n) is 2.62. The van der Waals surface area contributed by atoms with Gasteiger partial charge >= 0.3 is 6.18 Å². The molecule has 2 N–H and O–H groups in total. The van der Waals surface area contributed by atoms with Gasteiger partial charge in [-0.05, 0) is 55.8 Å². The summed E-state index contributed by atoms with van der Waals surface area (Å²) < 4.78 is 38.5. The zero-order valence-corrected chi connectivity index (χ0v) is 15.7. The number of amides is 1. The van der Waals surface area contributed by atoms with Crippen LogP contribution in [0.3, 0.4) is 0 Å². The Morgan fingerprint density at radius 2 is 1.81 bits per heavy atom. The molecule has 4 nitrogen and oxygen atoms in total. The molecule has 0 bridgehead atoms. The van der Waals surface area contributed by atoms with Crippen molar-refractivity contribution >= 4 is 23.2 Å². The van der Waals surface area contributed by atoms with Crippen LogP contribution in [0.5, 0.6) is 5.75 Å². The topological polar surface area (TPSA) is 52.6 Å². The lowest BCUT2D eigenvalue weighted by atomic mass is 10.1. The number of aromatic hydroxyl groups is 1. The number of phenolic OH excluding ortho intramolecular Hbond substituents is 1. The van der Waals surface area contributed by atoms with Gasteiger partial charge in [0.05, 0.1) is 16.1 Å². The Morgan fingerprint density at radius 1 is 1.15 bits per heavy atom. The van der Waals surface area contributed by atoms with Crippen LogP contribution >= 0.6 is 11.6 Å². The first-order valence-corrected chi connectivity index (χ1v) is 8.76. The minimum absolute atomic E-state index is 0.0527. The molecule has 0 aliphatic heterocycles. The third kappa shape index (κ3) is 5.29. The lowest BCUT2D eigenvalue weighted by Crippen LogP contribution is -2.30. The van der Waals surface area contributed by atoms with Crippen molar-refractivity contribution in [2.24, 2.45) is 0 Å². The molecule has 0 saturated heterocycles. The number of nitrogens with one attached hydrogen (secondary N) is 1. The zero-order valence-electron chi connectivity index (χ0n) is 14.9. The van der Waals surface area contributed by atoms with Crippen molar-refractivity contribution in [1.29, 1.82) is 0 Å². The van der Waals surface area contributed by atoms with E-state index in [1.807, 2.05) is 13.8 Å². The molecule has 0 aromatic heterocycles. The molecule has 0 aliphatic carbocycles. The Morgan fingerprint density at radius 3 is 2.37 bits per heavy atom. The first kappa shape index (κ1) is 20.9. The largest absolute Gasteiger partial charge is 0.508 e. The lowest BCUT2D eigenvalue weighted by molar-refractivity contribution is -0.137. The number of phenols is 1. The molecular formula is C19H20ClF3N2O2. The number of anilines is 1. The van der Waals surface area contributed by atoms with E-state index < -0.39 is 17.5 Å². The second-order valence-corrected chi connectivity index (χ2v) is 6.32. The van der Waals surface area contributed by atoms with Crippen LogP contribution in [-0.4, -0.2) is 29.0 Å². The molecule has 0 fully saturated rings. The van der Waals surface area contributed by atoms with E-state index in [-0.39, 0.29) is 23.0 Å². The number of halogens is 4. The van der Waals surface area contributed by atoms with Crippen LogP contribution in [0.15, 0.2) is 36.4 Å². The predicted octanol–water partition coefficient (Wildman–Crippen LogP) is 5.16. The summed E-state index contributed by atoms with van der Waals surface area (Å²) in [6.45, 7) is 4.91. The monoisotopic (exact) mass is 400 g/mol. The van der Waals surface area contributed by atoms with Crippen molar-refractivity contribution in [2.75, 3.05) is 18.4 Å². The summed E-state index contributed by atoms with van der Waals surface area (Å²) in [6.07, 6.45) is -4.54. The quantitative estimate of drug-likeness (QED) is 0.704. The SMILES string of the molecule is CCN(CC)C(=O)c1ccc(NCc2cc(O)cc(C(F)(F)F)c2)cc1Cl. The van der Waals surface area contributed by atoms with Crippen molar-refractivity contribution < 1.29 is 23.1 Å². The number of alkyl halides is 3. The number of rotatable bonds is 6. The number of hydrogen-bond donors (Lipinski definition) is 2. The second kappa shape index (κ2) is 8.52. The average molecular weight is 401 g/mol. The van der Waals surface area contributed by atoms with Gasteiger partial charge in [0, 0.05) is 25.3 Å². The summed E-state index contributed by atoms with van der Waals surface area (Å²) in [6, 6.07) is 7.65. The Balaban J connectivity index is 2.15. The Bertz CT molecular complexity index is 821. The number of benzene rings is 2. The standard InChI is InChI=1S/C19H20ClF3N2O2/c1-3-25(4-2)18(27)16-6-5-14(10-17(16)20)24-11-12-7-13(19(21,22)23)9-15(26)8-12/h5-10,24,26H,3-4,11H2,1-2H3. The molecule has 27 heavy (non-hydrogen) atoms. The first-order valence-electron chi connectivity index (χ1n) is 8.38. The molecular weight excluding hydrogens is 381 g/mol. The highest BCUT2D eigenvalue weighted by molar-refractivity contribution is 6.34. The molecule has 0 saturated carbocycles. The minimum Gasteiger partial charge on any atom is -0.508 e. The van der Waals surface area contributed by atoms with Gasteiger partial charge in [0.25, 0.3) is 5.91 Å². The summed E-state index contributed by atoms with van der Waals surface area (Å²) in [5, 5.41) is 12.7. The maximum Gasteiger partial charge on any atom is 0.416 e. The molecule has 2 rings (SSSR count). The van der Waals surface area contributed by atoms with Crippen molar-refractivity contribution in [2.45, 2.75) is 26.6 Å². The normalized spacial score (nSPS) is 11.3. The minimum atomic E-state index is -4.54. The molecule has 0 unspecified atom stereocenters. The van der Waals surface area contributed by atoms with Crippen LogP contribution < -0.4 is 5.32 Å². The van der Waals surface area contributed by atoms with Gasteiger partial charge in [-0.3, -0.25) is 4.79 Å². The molecule has 0 spiro atoms. The Hall–Kier alpha value is -2.41. The lowest BCUT2D eigenvalue weighted by Gasteiger charge is -2.19. The van der Waals surface area contributed by atoms with E-state index in [0.717, 1.165) is 6.07 Å². The number of carbonyl (C=O) groups is 1. The fraction of sp³-hybridized carbons (Fsp3) is 0.316.